The number of anilines is 1. The summed E-state index contributed by atoms with van der Waals surface area (Å²) in [6, 6.07) is 14.6. The number of benzene rings is 2. The predicted octanol–water partition coefficient (Wildman–Crippen LogP) is 2.84. The fraction of sp³-hybridized carbons (Fsp3) is 0.235. The molecule has 0 aliphatic carbocycles. The molecule has 0 heterocycles. The summed E-state index contributed by atoms with van der Waals surface area (Å²) in [6.45, 7) is 2.08. The number of aryl methyl sites for hydroxylation is 1. The molecule has 0 saturated carbocycles. The summed E-state index contributed by atoms with van der Waals surface area (Å²) in [6.07, 6.45) is 1.08. The van der Waals surface area contributed by atoms with Gasteiger partial charge in [0.05, 0.1) is 11.9 Å². The van der Waals surface area contributed by atoms with Crippen molar-refractivity contribution in [3.8, 4) is 0 Å². The summed E-state index contributed by atoms with van der Waals surface area (Å²) in [4.78, 5) is 12.2. The first-order valence-corrected chi connectivity index (χ1v) is 9.95. The van der Waals surface area contributed by atoms with E-state index in [0.717, 1.165) is 26.2 Å². The number of amides is 1. The van der Waals surface area contributed by atoms with Gasteiger partial charge in [0.1, 0.15) is 6.54 Å². The Morgan fingerprint density at radius 1 is 1.17 bits per heavy atom. The van der Waals surface area contributed by atoms with E-state index in [-0.39, 0.29) is 12.5 Å². The van der Waals surface area contributed by atoms with Crippen LogP contribution in [0, 0.1) is 6.92 Å². The van der Waals surface area contributed by atoms with E-state index >= 15 is 0 Å². The van der Waals surface area contributed by atoms with Gasteiger partial charge < -0.3 is 5.32 Å². The maximum atomic E-state index is 12.2. The molecule has 24 heavy (non-hydrogen) atoms. The summed E-state index contributed by atoms with van der Waals surface area (Å²) in [5.74, 6) is -0.360. The molecule has 2 rings (SSSR count). The highest BCUT2D eigenvalue weighted by atomic mass is 79.9. The normalized spacial score (nSPS) is 11.1. The monoisotopic (exact) mass is 410 g/mol. The van der Waals surface area contributed by atoms with E-state index in [0.29, 0.717) is 12.2 Å². The van der Waals surface area contributed by atoms with Crippen molar-refractivity contribution in [3.63, 3.8) is 0 Å². The van der Waals surface area contributed by atoms with Crippen molar-refractivity contribution in [2.75, 3.05) is 17.1 Å². The van der Waals surface area contributed by atoms with Crippen LogP contribution in [0.5, 0.6) is 0 Å². The Morgan fingerprint density at radius 3 is 2.42 bits per heavy atom. The van der Waals surface area contributed by atoms with Gasteiger partial charge in [-0.1, -0.05) is 51.8 Å². The van der Waals surface area contributed by atoms with Gasteiger partial charge in [0.25, 0.3) is 0 Å². The Balaban J connectivity index is 2.06. The molecule has 0 bridgehead atoms. The van der Waals surface area contributed by atoms with Gasteiger partial charge in [-0.15, -0.1) is 0 Å². The molecule has 0 aliphatic rings. The van der Waals surface area contributed by atoms with E-state index < -0.39 is 10.0 Å². The van der Waals surface area contributed by atoms with Crippen LogP contribution >= 0.6 is 15.9 Å². The first-order valence-electron chi connectivity index (χ1n) is 7.31. The molecule has 7 heteroatoms. The van der Waals surface area contributed by atoms with Crippen molar-refractivity contribution in [3.05, 3.63) is 64.1 Å². The van der Waals surface area contributed by atoms with E-state index in [2.05, 4.69) is 21.2 Å². The Kier molecular flexibility index (Phi) is 6.01. The molecular formula is C17H19BrN2O3S. The quantitative estimate of drug-likeness (QED) is 0.795. The second-order valence-corrected chi connectivity index (χ2v) is 8.33. The van der Waals surface area contributed by atoms with Crippen LogP contribution in [0.3, 0.4) is 0 Å². The average Bonchev–Trinajstić information content (AvgIpc) is 2.51. The molecular weight excluding hydrogens is 392 g/mol. The molecule has 0 radical (unpaired) electrons. The molecule has 5 nitrogen and oxygen atoms in total. The van der Waals surface area contributed by atoms with Crippen molar-refractivity contribution in [2.24, 2.45) is 0 Å². The van der Waals surface area contributed by atoms with E-state index in [1.807, 2.05) is 31.2 Å². The molecule has 1 amide bonds. The average molecular weight is 411 g/mol. The lowest BCUT2D eigenvalue weighted by molar-refractivity contribution is -0.119. The largest absolute Gasteiger partial charge is 0.350 e. The van der Waals surface area contributed by atoms with Gasteiger partial charge in [-0.2, -0.15) is 0 Å². The van der Waals surface area contributed by atoms with Crippen LogP contribution in [-0.2, 0) is 21.4 Å². The maximum absolute atomic E-state index is 12.2. The second-order valence-electron chi connectivity index (χ2n) is 5.51. The topological polar surface area (TPSA) is 66.5 Å². The molecule has 2 aromatic rings. The van der Waals surface area contributed by atoms with Crippen LogP contribution in [0.2, 0.25) is 0 Å². The third-order valence-electron chi connectivity index (χ3n) is 3.39. The first kappa shape index (κ1) is 18.5. The third-order valence-corrected chi connectivity index (χ3v) is 5.03. The zero-order chi connectivity index (χ0) is 17.7. The summed E-state index contributed by atoms with van der Waals surface area (Å²) < 4.78 is 25.9. The van der Waals surface area contributed by atoms with E-state index in [1.54, 1.807) is 24.3 Å². The highest BCUT2D eigenvalue weighted by Crippen LogP contribution is 2.21. The van der Waals surface area contributed by atoms with Gasteiger partial charge in [-0.25, -0.2) is 8.42 Å². The van der Waals surface area contributed by atoms with Crippen LogP contribution in [0.15, 0.2) is 53.0 Å². The molecule has 0 aliphatic heterocycles. The minimum atomic E-state index is -3.57. The molecule has 1 N–H and O–H groups in total. The van der Waals surface area contributed by atoms with Gasteiger partial charge >= 0.3 is 0 Å². The van der Waals surface area contributed by atoms with E-state index in [9.17, 15) is 13.2 Å². The molecule has 0 aromatic heterocycles. The summed E-state index contributed by atoms with van der Waals surface area (Å²) >= 11 is 3.31. The highest BCUT2D eigenvalue weighted by Gasteiger charge is 2.20. The fourth-order valence-electron chi connectivity index (χ4n) is 2.12. The Labute approximate surface area is 150 Å². The van der Waals surface area contributed by atoms with Gasteiger partial charge in [-0.3, -0.25) is 9.10 Å². The lowest BCUT2D eigenvalue weighted by Crippen LogP contribution is -2.40. The summed E-state index contributed by atoms with van der Waals surface area (Å²) in [5, 5.41) is 2.75. The lowest BCUT2D eigenvalue weighted by Gasteiger charge is -2.22. The SMILES string of the molecule is Cc1ccc(CNC(=O)CN(c2cccc(Br)c2)S(C)(=O)=O)cc1. The molecule has 0 fully saturated rings. The predicted molar refractivity (Wildman–Crippen MR) is 99.4 cm³/mol. The molecule has 0 spiro atoms. The van der Waals surface area contributed by atoms with Crippen LogP contribution in [-0.4, -0.2) is 27.1 Å². The van der Waals surface area contributed by atoms with Crippen LogP contribution in [0.4, 0.5) is 5.69 Å². The number of sulfonamides is 1. The molecule has 2 aromatic carbocycles. The van der Waals surface area contributed by atoms with E-state index in [4.69, 9.17) is 0 Å². The van der Waals surface area contributed by atoms with Gasteiger partial charge in [-0.05, 0) is 30.7 Å². The van der Waals surface area contributed by atoms with Crippen molar-refractivity contribution in [1.82, 2.24) is 5.32 Å². The molecule has 0 saturated heterocycles. The number of rotatable bonds is 6. The molecule has 0 atom stereocenters. The Hall–Kier alpha value is -1.86. The fourth-order valence-corrected chi connectivity index (χ4v) is 3.36. The Bertz CT molecular complexity index is 820. The van der Waals surface area contributed by atoms with Crippen molar-refractivity contribution in [1.29, 1.82) is 0 Å². The summed E-state index contributed by atoms with van der Waals surface area (Å²) in [7, 11) is -3.57. The molecule has 0 unspecified atom stereocenters. The number of halogens is 1. The number of carbonyl (C=O) groups excluding carboxylic acids is 1. The summed E-state index contributed by atoms with van der Waals surface area (Å²) in [5.41, 5.74) is 2.54. The van der Waals surface area contributed by atoms with Crippen LogP contribution < -0.4 is 9.62 Å². The second kappa shape index (κ2) is 7.81. The van der Waals surface area contributed by atoms with E-state index in [1.165, 1.54) is 0 Å². The number of nitrogens with one attached hydrogen (secondary N) is 1. The zero-order valence-electron chi connectivity index (χ0n) is 13.5. The first-order chi connectivity index (χ1) is 11.3. The minimum absolute atomic E-state index is 0.263. The van der Waals surface area contributed by atoms with Gasteiger partial charge in [0.15, 0.2) is 0 Å². The number of hydrogen-bond acceptors (Lipinski definition) is 3. The Morgan fingerprint density at radius 2 is 1.83 bits per heavy atom. The van der Waals surface area contributed by atoms with Crippen molar-refractivity contribution >= 4 is 37.5 Å². The number of carbonyl (C=O) groups is 1. The van der Waals surface area contributed by atoms with Crippen molar-refractivity contribution in [2.45, 2.75) is 13.5 Å². The smallest absolute Gasteiger partial charge is 0.241 e. The molecule has 128 valence electrons. The van der Waals surface area contributed by atoms with Crippen molar-refractivity contribution < 1.29 is 13.2 Å². The van der Waals surface area contributed by atoms with Gasteiger partial charge in [0, 0.05) is 11.0 Å². The third kappa shape index (κ3) is 5.35. The van der Waals surface area contributed by atoms with Crippen LogP contribution in [0.25, 0.3) is 0 Å². The lowest BCUT2D eigenvalue weighted by atomic mass is 10.1. The van der Waals surface area contributed by atoms with Crippen LogP contribution in [0.1, 0.15) is 11.1 Å². The zero-order valence-corrected chi connectivity index (χ0v) is 15.9. The highest BCUT2D eigenvalue weighted by molar-refractivity contribution is 9.10. The minimum Gasteiger partial charge on any atom is -0.350 e. The van der Waals surface area contributed by atoms with Gasteiger partial charge in [0.2, 0.25) is 15.9 Å². The maximum Gasteiger partial charge on any atom is 0.241 e. The standard InChI is InChI=1S/C17H19BrN2O3S/c1-13-6-8-14(9-7-13)11-19-17(21)12-20(24(2,22)23)16-5-3-4-15(18)10-16/h3-10H,11-12H2,1-2H3,(H,19,21). The number of hydrogen-bond donors (Lipinski definition) is 1. The number of nitrogens with zero attached hydrogens (tertiary/aromatic N) is 1.